The van der Waals surface area contributed by atoms with Gasteiger partial charge in [0.1, 0.15) is 5.69 Å². The third kappa shape index (κ3) is 5.67. The van der Waals surface area contributed by atoms with Crippen LogP contribution in [-0.2, 0) is 11.2 Å². The number of hydrogen-bond donors (Lipinski definition) is 3. The number of aromatic amines is 1. The Kier molecular flexibility index (Phi) is 7.42. The van der Waals surface area contributed by atoms with Gasteiger partial charge in [0.2, 0.25) is 0 Å². The third-order valence-electron chi connectivity index (χ3n) is 5.56. The summed E-state index contributed by atoms with van der Waals surface area (Å²) in [6.45, 7) is 1.96. The number of hydrogen-bond acceptors (Lipinski definition) is 5. The van der Waals surface area contributed by atoms with Crippen LogP contribution in [0.1, 0.15) is 41.0 Å². The zero-order valence-electron chi connectivity index (χ0n) is 19.2. The Hall–Kier alpha value is -4.59. The van der Waals surface area contributed by atoms with Gasteiger partial charge in [-0.1, -0.05) is 73.7 Å². The zero-order valence-corrected chi connectivity index (χ0v) is 19.2. The topological polar surface area (TPSA) is 116 Å². The van der Waals surface area contributed by atoms with Crippen LogP contribution in [0, 0.1) is 0 Å². The molecule has 1 heterocycles. The average Bonchev–Trinajstić information content (AvgIpc) is 2.91. The van der Waals surface area contributed by atoms with E-state index in [0.29, 0.717) is 29.2 Å². The lowest BCUT2D eigenvalue weighted by atomic mass is 10.0. The smallest absolute Gasteiger partial charge is 0.272 e. The second-order valence-corrected chi connectivity index (χ2v) is 7.93. The molecule has 8 nitrogen and oxygen atoms in total. The fourth-order valence-corrected chi connectivity index (χ4v) is 3.69. The van der Waals surface area contributed by atoms with Gasteiger partial charge in [0.25, 0.3) is 17.4 Å². The average molecular weight is 468 g/mol. The number of nitrogens with zero attached hydrogens (tertiary/aromatic N) is 2. The van der Waals surface area contributed by atoms with Crippen LogP contribution in [0.25, 0.3) is 10.8 Å². The maximum absolute atomic E-state index is 13.3. The lowest BCUT2D eigenvalue weighted by Gasteiger charge is -2.18. The standard InChI is InChI=1S/C27H25N5O3/c1-2-20(17-18-11-5-3-6-12-18)29-32-27(35)24(28-25(33)19-13-7-4-8-14-19)23-21-15-9-10-16-22(21)26(34)31-30-23/h3-16,24H,2,17H2,1H3,(H,28,33)(H,31,34)(H,32,35)/b29-20+. The van der Waals surface area contributed by atoms with Gasteiger partial charge in [0, 0.05) is 23.1 Å². The van der Waals surface area contributed by atoms with Crippen molar-refractivity contribution in [1.29, 1.82) is 0 Å². The van der Waals surface area contributed by atoms with Crippen LogP contribution in [-0.4, -0.2) is 27.7 Å². The number of nitrogens with one attached hydrogen (secondary N) is 3. The maximum Gasteiger partial charge on any atom is 0.272 e. The van der Waals surface area contributed by atoms with Crippen molar-refractivity contribution in [3.63, 3.8) is 0 Å². The number of H-pyrrole nitrogens is 1. The van der Waals surface area contributed by atoms with Crippen LogP contribution in [0.3, 0.4) is 0 Å². The van der Waals surface area contributed by atoms with E-state index in [-0.39, 0.29) is 11.3 Å². The predicted molar refractivity (Wildman–Crippen MR) is 135 cm³/mol. The second kappa shape index (κ2) is 11.0. The molecule has 2 amide bonds. The van der Waals surface area contributed by atoms with E-state index in [4.69, 9.17) is 0 Å². The molecule has 4 rings (SSSR count). The molecule has 176 valence electrons. The van der Waals surface area contributed by atoms with E-state index in [1.165, 1.54) is 0 Å². The number of rotatable bonds is 8. The fourth-order valence-electron chi connectivity index (χ4n) is 3.69. The molecular weight excluding hydrogens is 442 g/mol. The molecular formula is C27H25N5O3. The van der Waals surface area contributed by atoms with E-state index in [1.807, 2.05) is 37.3 Å². The molecule has 4 aromatic rings. The molecule has 0 saturated heterocycles. The summed E-state index contributed by atoms with van der Waals surface area (Å²) in [6.07, 6.45) is 1.22. The largest absolute Gasteiger partial charge is 0.335 e. The Bertz CT molecular complexity index is 1420. The van der Waals surface area contributed by atoms with Crippen molar-refractivity contribution in [3.8, 4) is 0 Å². The molecule has 0 radical (unpaired) electrons. The van der Waals surface area contributed by atoms with Gasteiger partial charge in [-0.05, 0) is 30.2 Å². The Balaban J connectivity index is 1.66. The monoisotopic (exact) mass is 467 g/mol. The summed E-state index contributed by atoms with van der Waals surface area (Å²) in [7, 11) is 0. The van der Waals surface area contributed by atoms with Gasteiger partial charge in [0.05, 0.1) is 5.39 Å². The van der Waals surface area contributed by atoms with Crippen molar-refractivity contribution in [2.24, 2.45) is 5.10 Å². The first kappa shape index (κ1) is 23.6. The van der Waals surface area contributed by atoms with Gasteiger partial charge in [-0.3, -0.25) is 14.4 Å². The van der Waals surface area contributed by atoms with Crippen molar-refractivity contribution in [2.45, 2.75) is 25.8 Å². The SMILES string of the molecule is CC/C(Cc1ccccc1)=N\NC(=O)C(NC(=O)c1ccccc1)c1n[nH]c(=O)c2ccccc12. The lowest BCUT2D eigenvalue weighted by molar-refractivity contribution is -0.123. The number of hydrazone groups is 1. The summed E-state index contributed by atoms with van der Waals surface area (Å²) in [4.78, 5) is 38.6. The molecule has 0 spiro atoms. The van der Waals surface area contributed by atoms with Gasteiger partial charge in [-0.15, -0.1) is 0 Å². The number of carbonyl (C=O) groups excluding carboxylic acids is 2. The highest BCUT2D eigenvalue weighted by Gasteiger charge is 2.27. The molecule has 3 aromatic carbocycles. The van der Waals surface area contributed by atoms with E-state index in [0.717, 1.165) is 11.3 Å². The number of aromatic nitrogens is 2. The highest BCUT2D eigenvalue weighted by molar-refractivity contribution is 5.99. The van der Waals surface area contributed by atoms with E-state index >= 15 is 0 Å². The first-order valence-corrected chi connectivity index (χ1v) is 11.3. The number of amides is 2. The van der Waals surface area contributed by atoms with E-state index in [1.54, 1.807) is 54.6 Å². The third-order valence-corrected chi connectivity index (χ3v) is 5.56. The minimum absolute atomic E-state index is 0.221. The maximum atomic E-state index is 13.3. The normalized spacial score (nSPS) is 12.2. The van der Waals surface area contributed by atoms with Crippen molar-refractivity contribution in [1.82, 2.24) is 20.9 Å². The van der Waals surface area contributed by atoms with E-state index < -0.39 is 17.9 Å². The van der Waals surface area contributed by atoms with Crippen LogP contribution in [0.15, 0.2) is 94.8 Å². The Morgan fingerprint density at radius 1 is 0.914 bits per heavy atom. The first-order valence-electron chi connectivity index (χ1n) is 11.3. The predicted octanol–water partition coefficient (Wildman–Crippen LogP) is 3.52. The molecule has 3 N–H and O–H groups in total. The molecule has 0 fully saturated rings. The van der Waals surface area contributed by atoms with Gasteiger partial charge >= 0.3 is 0 Å². The van der Waals surface area contributed by atoms with Gasteiger partial charge in [-0.2, -0.15) is 10.2 Å². The van der Waals surface area contributed by atoms with Crippen molar-refractivity contribution in [2.75, 3.05) is 0 Å². The van der Waals surface area contributed by atoms with Crippen LogP contribution < -0.4 is 16.3 Å². The molecule has 0 aliphatic carbocycles. The molecule has 1 unspecified atom stereocenters. The highest BCUT2D eigenvalue weighted by atomic mass is 16.2. The summed E-state index contributed by atoms with van der Waals surface area (Å²) < 4.78 is 0. The molecule has 0 aliphatic heterocycles. The van der Waals surface area contributed by atoms with Crippen molar-refractivity contribution < 1.29 is 9.59 Å². The lowest BCUT2D eigenvalue weighted by Crippen LogP contribution is -2.40. The van der Waals surface area contributed by atoms with E-state index in [2.05, 4.69) is 26.0 Å². The molecule has 0 aliphatic rings. The molecule has 8 heteroatoms. The van der Waals surface area contributed by atoms with Crippen LogP contribution in [0.5, 0.6) is 0 Å². The molecule has 1 atom stereocenters. The summed E-state index contributed by atoms with van der Waals surface area (Å²) in [6, 6.07) is 24.0. The van der Waals surface area contributed by atoms with Crippen molar-refractivity contribution >= 4 is 28.3 Å². The number of benzene rings is 3. The first-order chi connectivity index (χ1) is 17.1. The van der Waals surface area contributed by atoms with E-state index in [9.17, 15) is 14.4 Å². The minimum atomic E-state index is -1.19. The summed E-state index contributed by atoms with van der Waals surface area (Å²) in [5.41, 5.74) is 4.67. The van der Waals surface area contributed by atoms with Crippen molar-refractivity contribution in [3.05, 3.63) is 112 Å². The van der Waals surface area contributed by atoms with Gasteiger partial charge in [0.15, 0.2) is 6.04 Å². The van der Waals surface area contributed by atoms with Gasteiger partial charge in [-0.25, -0.2) is 10.5 Å². The van der Waals surface area contributed by atoms with Gasteiger partial charge < -0.3 is 5.32 Å². The minimum Gasteiger partial charge on any atom is -0.335 e. The van der Waals surface area contributed by atoms with Crippen LogP contribution >= 0.6 is 0 Å². The summed E-state index contributed by atoms with van der Waals surface area (Å²) >= 11 is 0. The Morgan fingerprint density at radius 3 is 2.23 bits per heavy atom. The fraction of sp³-hybridized carbons (Fsp3) is 0.148. The molecule has 0 bridgehead atoms. The van der Waals surface area contributed by atoms with Crippen LogP contribution in [0.4, 0.5) is 0 Å². The quantitative estimate of drug-likeness (QED) is 0.272. The molecule has 35 heavy (non-hydrogen) atoms. The number of fused-ring (bicyclic) bond motifs is 1. The zero-order chi connectivity index (χ0) is 24.6. The summed E-state index contributed by atoms with van der Waals surface area (Å²) in [5.74, 6) is -1.02. The Morgan fingerprint density at radius 2 is 1.54 bits per heavy atom. The Labute approximate surface area is 202 Å². The summed E-state index contributed by atoms with van der Waals surface area (Å²) in [5, 5.41) is 14.5. The molecule has 1 aromatic heterocycles. The second-order valence-electron chi connectivity index (χ2n) is 7.93. The highest BCUT2D eigenvalue weighted by Crippen LogP contribution is 2.20. The van der Waals surface area contributed by atoms with Crippen LogP contribution in [0.2, 0.25) is 0 Å². The molecule has 0 saturated carbocycles. The number of carbonyl (C=O) groups is 2.